The van der Waals surface area contributed by atoms with Crippen molar-refractivity contribution in [2.75, 3.05) is 0 Å². The maximum Gasteiger partial charge on any atom is 0.123 e. The van der Waals surface area contributed by atoms with E-state index in [0.717, 1.165) is 12.0 Å². The summed E-state index contributed by atoms with van der Waals surface area (Å²) >= 11 is 0. The molecule has 1 aromatic carbocycles. The maximum absolute atomic E-state index is 9.83. The molecule has 0 saturated heterocycles. The Balaban J connectivity index is 3.00. The van der Waals surface area contributed by atoms with Crippen LogP contribution in [0.25, 0.3) is 5.57 Å². The predicted molar refractivity (Wildman–Crippen MR) is 72.2 cm³/mol. The molecule has 2 N–H and O–H groups in total. The van der Waals surface area contributed by atoms with E-state index in [0.29, 0.717) is 11.1 Å². The number of hydrogen-bond donors (Lipinski definition) is 2. The second-order valence-corrected chi connectivity index (χ2v) is 4.56. The summed E-state index contributed by atoms with van der Waals surface area (Å²) in [5, 5.41) is 19.5. The van der Waals surface area contributed by atoms with Gasteiger partial charge in [-0.2, -0.15) is 0 Å². The zero-order valence-electron chi connectivity index (χ0n) is 10.9. The number of aromatic hydroxyl groups is 2. The van der Waals surface area contributed by atoms with Crippen LogP contribution < -0.4 is 0 Å². The van der Waals surface area contributed by atoms with Crippen molar-refractivity contribution < 1.29 is 10.2 Å². The van der Waals surface area contributed by atoms with E-state index < -0.39 is 0 Å². The Bertz CT molecular complexity index is 464. The molecule has 2 nitrogen and oxygen atoms in total. The molecule has 0 aliphatic rings. The molecule has 0 radical (unpaired) electrons. The monoisotopic (exact) mass is 232 g/mol. The van der Waals surface area contributed by atoms with E-state index in [-0.39, 0.29) is 11.5 Å². The summed E-state index contributed by atoms with van der Waals surface area (Å²) in [6.07, 6.45) is 4.99. The van der Waals surface area contributed by atoms with Crippen LogP contribution in [-0.2, 0) is 0 Å². The van der Waals surface area contributed by atoms with Crippen molar-refractivity contribution in [1.82, 2.24) is 0 Å². The first-order valence-electron chi connectivity index (χ1n) is 5.75. The first-order valence-corrected chi connectivity index (χ1v) is 5.75. The van der Waals surface area contributed by atoms with Gasteiger partial charge in [0.05, 0.1) is 0 Å². The highest BCUT2D eigenvalue weighted by Gasteiger charge is 2.06. The SMILES string of the molecule is CC(C)=CCC=C(C)c1cc(O)c(C)cc1O. The Morgan fingerprint density at radius 3 is 2.29 bits per heavy atom. The Hall–Kier alpha value is -1.70. The van der Waals surface area contributed by atoms with Crippen molar-refractivity contribution in [2.45, 2.75) is 34.1 Å². The molecule has 0 aliphatic carbocycles. The van der Waals surface area contributed by atoms with Gasteiger partial charge in [-0.05, 0) is 57.4 Å². The molecule has 0 aliphatic heterocycles. The van der Waals surface area contributed by atoms with Gasteiger partial charge in [0.2, 0.25) is 0 Å². The quantitative estimate of drug-likeness (QED) is 0.606. The van der Waals surface area contributed by atoms with Gasteiger partial charge in [-0.1, -0.05) is 17.7 Å². The standard InChI is InChI=1S/C15H20O2/c1-10(2)6-5-7-11(3)13-9-14(16)12(4)8-15(13)17/h6-9,16-17H,5H2,1-4H3. The second kappa shape index (κ2) is 5.58. The van der Waals surface area contributed by atoms with Crippen molar-refractivity contribution in [2.24, 2.45) is 0 Å². The molecule has 0 bridgehead atoms. The first kappa shape index (κ1) is 13.4. The molecule has 2 heteroatoms. The molecule has 0 aromatic heterocycles. The summed E-state index contributed by atoms with van der Waals surface area (Å²) in [4.78, 5) is 0. The lowest BCUT2D eigenvalue weighted by Gasteiger charge is -2.08. The van der Waals surface area contributed by atoms with Crippen LogP contribution in [0.15, 0.2) is 29.9 Å². The molecule has 0 unspecified atom stereocenters. The minimum atomic E-state index is 0.214. The summed E-state index contributed by atoms with van der Waals surface area (Å²) < 4.78 is 0. The van der Waals surface area contributed by atoms with Crippen LogP contribution in [0.4, 0.5) is 0 Å². The topological polar surface area (TPSA) is 40.5 Å². The van der Waals surface area contributed by atoms with Gasteiger partial charge >= 0.3 is 0 Å². The molecule has 92 valence electrons. The van der Waals surface area contributed by atoms with Crippen LogP contribution in [0.2, 0.25) is 0 Å². The van der Waals surface area contributed by atoms with E-state index in [1.807, 2.05) is 13.0 Å². The minimum absolute atomic E-state index is 0.214. The third-order valence-electron chi connectivity index (χ3n) is 2.69. The van der Waals surface area contributed by atoms with Crippen LogP contribution in [-0.4, -0.2) is 10.2 Å². The number of benzene rings is 1. The average Bonchev–Trinajstić information content (AvgIpc) is 2.22. The zero-order chi connectivity index (χ0) is 13.0. The summed E-state index contributed by atoms with van der Waals surface area (Å²) in [6.45, 7) is 7.81. The number of rotatable bonds is 3. The molecule has 1 rings (SSSR count). The lowest BCUT2D eigenvalue weighted by molar-refractivity contribution is 0.455. The van der Waals surface area contributed by atoms with Crippen LogP contribution in [0.3, 0.4) is 0 Å². The Morgan fingerprint density at radius 1 is 1.06 bits per heavy atom. The van der Waals surface area contributed by atoms with Crippen LogP contribution in [0.1, 0.15) is 38.3 Å². The fraction of sp³-hybridized carbons (Fsp3) is 0.333. The van der Waals surface area contributed by atoms with E-state index in [9.17, 15) is 10.2 Å². The molecule has 0 amide bonds. The highest BCUT2D eigenvalue weighted by atomic mass is 16.3. The van der Waals surface area contributed by atoms with Gasteiger partial charge in [-0.3, -0.25) is 0 Å². The summed E-state index contributed by atoms with van der Waals surface area (Å²) in [6, 6.07) is 3.20. The summed E-state index contributed by atoms with van der Waals surface area (Å²) in [5.41, 5.74) is 3.61. The average molecular weight is 232 g/mol. The molecular formula is C15H20O2. The molecule has 0 spiro atoms. The fourth-order valence-electron chi connectivity index (χ4n) is 1.58. The van der Waals surface area contributed by atoms with E-state index in [1.165, 1.54) is 5.57 Å². The molecular weight excluding hydrogens is 212 g/mol. The summed E-state index contributed by atoms with van der Waals surface area (Å²) in [7, 11) is 0. The van der Waals surface area contributed by atoms with Gasteiger partial charge < -0.3 is 10.2 Å². The highest BCUT2D eigenvalue weighted by molar-refractivity contribution is 5.70. The number of phenolic OH excluding ortho intramolecular Hbond substituents is 2. The zero-order valence-corrected chi connectivity index (χ0v) is 10.9. The number of phenols is 2. The first-order chi connectivity index (χ1) is 7.91. The molecule has 1 aromatic rings. The molecule has 0 saturated carbocycles. The van der Waals surface area contributed by atoms with Gasteiger partial charge in [0.25, 0.3) is 0 Å². The third-order valence-corrected chi connectivity index (χ3v) is 2.69. The predicted octanol–water partition coefficient (Wildman–Crippen LogP) is 4.17. The van der Waals surface area contributed by atoms with Crippen molar-refractivity contribution in [3.05, 3.63) is 41.0 Å². The molecule has 0 atom stereocenters. The number of aryl methyl sites for hydroxylation is 1. The van der Waals surface area contributed by atoms with E-state index >= 15 is 0 Å². The minimum Gasteiger partial charge on any atom is -0.508 e. The van der Waals surface area contributed by atoms with Gasteiger partial charge in [0.1, 0.15) is 11.5 Å². The normalized spacial score (nSPS) is 11.4. The number of hydrogen-bond acceptors (Lipinski definition) is 2. The second-order valence-electron chi connectivity index (χ2n) is 4.56. The molecule has 0 heterocycles. The third kappa shape index (κ3) is 3.66. The maximum atomic E-state index is 9.83. The Morgan fingerprint density at radius 2 is 1.71 bits per heavy atom. The van der Waals surface area contributed by atoms with Gasteiger partial charge in [-0.15, -0.1) is 0 Å². The van der Waals surface area contributed by atoms with E-state index in [1.54, 1.807) is 19.1 Å². The largest absolute Gasteiger partial charge is 0.508 e. The van der Waals surface area contributed by atoms with Crippen LogP contribution >= 0.6 is 0 Å². The molecule has 17 heavy (non-hydrogen) atoms. The highest BCUT2D eigenvalue weighted by Crippen LogP contribution is 2.31. The van der Waals surface area contributed by atoms with Gasteiger partial charge in [-0.25, -0.2) is 0 Å². The summed E-state index contributed by atoms with van der Waals surface area (Å²) in [5.74, 6) is 0.430. The van der Waals surface area contributed by atoms with E-state index in [2.05, 4.69) is 19.9 Å². The van der Waals surface area contributed by atoms with Crippen LogP contribution in [0, 0.1) is 6.92 Å². The van der Waals surface area contributed by atoms with E-state index in [4.69, 9.17) is 0 Å². The number of allylic oxidation sites excluding steroid dienone is 4. The van der Waals surface area contributed by atoms with Crippen molar-refractivity contribution in [3.63, 3.8) is 0 Å². The van der Waals surface area contributed by atoms with Crippen molar-refractivity contribution >= 4 is 5.57 Å². The van der Waals surface area contributed by atoms with Crippen molar-refractivity contribution in [1.29, 1.82) is 0 Å². The lowest BCUT2D eigenvalue weighted by Crippen LogP contribution is -1.84. The van der Waals surface area contributed by atoms with Crippen LogP contribution in [0.5, 0.6) is 11.5 Å². The van der Waals surface area contributed by atoms with Gasteiger partial charge in [0, 0.05) is 5.56 Å². The Labute approximate surface area is 103 Å². The Kier molecular flexibility index (Phi) is 4.38. The molecule has 0 fully saturated rings. The van der Waals surface area contributed by atoms with Crippen molar-refractivity contribution in [3.8, 4) is 11.5 Å². The smallest absolute Gasteiger partial charge is 0.123 e. The lowest BCUT2D eigenvalue weighted by atomic mass is 10.0. The van der Waals surface area contributed by atoms with Gasteiger partial charge in [0.15, 0.2) is 0 Å². The fourth-order valence-corrected chi connectivity index (χ4v) is 1.58.